The number of hydrazone groups is 1. The summed E-state index contributed by atoms with van der Waals surface area (Å²) >= 11 is 3.35. The van der Waals surface area contributed by atoms with Crippen molar-refractivity contribution in [3.63, 3.8) is 0 Å². The van der Waals surface area contributed by atoms with Crippen LogP contribution in [0.2, 0.25) is 0 Å². The van der Waals surface area contributed by atoms with Gasteiger partial charge in [0.25, 0.3) is 5.91 Å². The van der Waals surface area contributed by atoms with Crippen molar-refractivity contribution in [1.29, 1.82) is 0 Å². The predicted molar refractivity (Wildman–Crippen MR) is 64.4 cm³/mol. The van der Waals surface area contributed by atoms with Crippen molar-refractivity contribution >= 4 is 33.2 Å². The lowest BCUT2D eigenvalue weighted by Crippen LogP contribution is -2.27. The van der Waals surface area contributed by atoms with Gasteiger partial charge in [-0.3, -0.25) is 4.79 Å². The number of rotatable bonds is 2. The number of hydrogen-bond acceptors (Lipinski definition) is 2. The van der Waals surface area contributed by atoms with E-state index < -0.39 is 0 Å². The maximum atomic E-state index is 11.8. The number of amides is 1. The highest BCUT2D eigenvalue weighted by molar-refractivity contribution is 9.10. The molecule has 1 aromatic rings. The lowest BCUT2D eigenvalue weighted by atomic mass is 10.2. The van der Waals surface area contributed by atoms with Gasteiger partial charge in [0.2, 0.25) is 0 Å². The standard InChI is InChI=1S/C11H11BrN2O/c1-2-9-10(12)11(15)14(13-9)8-6-4-3-5-7-8/h3-7,10H,2H2,1H3. The Morgan fingerprint density at radius 3 is 2.60 bits per heavy atom. The van der Waals surface area contributed by atoms with Gasteiger partial charge in [-0.2, -0.15) is 10.1 Å². The molecule has 1 aromatic carbocycles. The van der Waals surface area contributed by atoms with E-state index in [4.69, 9.17) is 0 Å². The first-order valence-corrected chi connectivity index (χ1v) is 5.76. The van der Waals surface area contributed by atoms with Gasteiger partial charge in [-0.15, -0.1) is 0 Å². The highest BCUT2D eigenvalue weighted by Gasteiger charge is 2.33. The van der Waals surface area contributed by atoms with Gasteiger partial charge >= 0.3 is 0 Å². The van der Waals surface area contributed by atoms with Gasteiger partial charge in [0.15, 0.2) is 0 Å². The number of anilines is 1. The molecule has 15 heavy (non-hydrogen) atoms. The zero-order chi connectivity index (χ0) is 10.8. The van der Waals surface area contributed by atoms with E-state index in [9.17, 15) is 4.79 Å². The van der Waals surface area contributed by atoms with Gasteiger partial charge in [-0.25, -0.2) is 0 Å². The smallest absolute Gasteiger partial charge is 0.267 e. The highest BCUT2D eigenvalue weighted by atomic mass is 79.9. The Kier molecular flexibility index (Phi) is 2.86. The Bertz CT molecular complexity index is 402. The second kappa shape index (κ2) is 4.14. The van der Waals surface area contributed by atoms with Gasteiger partial charge in [0, 0.05) is 0 Å². The summed E-state index contributed by atoms with van der Waals surface area (Å²) in [6, 6.07) is 9.45. The maximum Gasteiger partial charge on any atom is 0.267 e. The number of carbonyl (C=O) groups is 1. The quantitative estimate of drug-likeness (QED) is 0.758. The molecule has 3 nitrogen and oxygen atoms in total. The summed E-state index contributed by atoms with van der Waals surface area (Å²) in [5.74, 6) is -0.0157. The molecule has 1 aliphatic rings. The molecule has 0 saturated carbocycles. The summed E-state index contributed by atoms with van der Waals surface area (Å²) in [6.07, 6.45) is 0.783. The molecule has 4 heteroatoms. The molecule has 0 radical (unpaired) electrons. The minimum Gasteiger partial charge on any atom is -0.271 e. The second-order valence-electron chi connectivity index (χ2n) is 3.29. The number of hydrogen-bond donors (Lipinski definition) is 0. The Morgan fingerprint density at radius 1 is 1.40 bits per heavy atom. The molecule has 0 aliphatic carbocycles. The summed E-state index contributed by atoms with van der Waals surface area (Å²) in [6.45, 7) is 1.99. The molecule has 1 atom stereocenters. The van der Waals surface area contributed by atoms with Crippen LogP contribution in [0.15, 0.2) is 35.4 Å². The Morgan fingerprint density at radius 2 is 2.07 bits per heavy atom. The third-order valence-electron chi connectivity index (χ3n) is 2.31. The summed E-state index contributed by atoms with van der Waals surface area (Å²) < 4.78 is 0. The summed E-state index contributed by atoms with van der Waals surface area (Å²) in [5.41, 5.74) is 1.69. The van der Waals surface area contributed by atoms with Crippen molar-refractivity contribution in [2.24, 2.45) is 5.10 Å². The van der Waals surface area contributed by atoms with E-state index in [2.05, 4.69) is 21.0 Å². The van der Waals surface area contributed by atoms with Crippen LogP contribution in [-0.4, -0.2) is 16.4 Å². The minimum atomic E-state index is -0.261. The molecule has 0 spiro atoms. The fourth-order valence-corrected chi connectivity index (χ4v) is 2.09. The third kappa shape index (κ3) is 1.81. The normalized spacial score (nSPS) is 20.7. The van der Waals surface area contributed by atoms with E-state index in [1.807, 2.05) is 37.3 Å². The third-order valence-corrected chi connectivity index (χ3v) is 3.23. The molecule has 0 N–H and O–H groups in total. The Balaban J connectivity index is 2.33. The summed E-state index contributed by atoms with van der Waals surface area (Å²) in [4.78, 5) is 11.6. The van der Waals surface area contributed by atoms with E-state index in [0.29, 0.717) is 0 Å². The van der Waals surface area contributed by atoms with E-state index >= 15 is 0 Å². The molecular formula is C11H11BrN2O. The number of halogens is 1. The predicted octanol–water partition coefficient (Wildman–Crippen LogP) is 2.56. The van der Waals surface area contributed by atoms with Gasteiger partial charge in [0.05, 0.1) is 11.4 Å². The number of alkyl halides is 1. The van der Waals surface area contributed by atoms with Gasteiger partial charge in [-0.1, -0.05) is 41.1 Å². The molecule has 0 aromatic heterocycles. The molecule has 1 unspecified atom stereocenters. The molecule has 0 bridgehead atoms. The highest BCUT2D eigenvalue weighted by Crippen LogP contribution is 2.24. The van der Waals surface area contributed by atoms with Crippen LogP contribution in [0.25, 0.3) is 0 Å². The first-order valence-electron chi connectivity index (χ1n) is 4.84. The van der Waals surface area contributed by atoms with Crippen LogP contribution in [0.4, 0.5) is 5.69 Å². The van der Waals surface area contributed by atoms with Crippen LogP contribution in [0.1, 0.15) is 13.3 Å². The lowest BCUT2D eigenvalue weighted by Gasteiger charge is -2.11. The van der Waals surface area contributed by atoms with Gasteiger partial charge in [-0.05, 0) is 18.6 Å². The van der Waals surface area contributed by atoms with Crippen LogP contribution in [0.3, 0.4) is 0 Å². The van der Waals surface area contributed by atoms with Crippen molar-refractivity contribution in [2.75, 3.05) is 5.01 Å². The van der Waals surface area contributed by atoms with Crippen molar-refractivity contribution in [3.05, 3.63) is 30.3 Å². The van der Waals surface area contributed by atoms with Crippen molar-refractivity contribution < 1.29 is 4.79 Å². The van der Waals surface area contributed by atoms with Gasteiger partial charge < -0.3 is 0 Å². The molecule has 1 amide bonds. The topological polar surface area (TPSA) is 32.7 Å². The van der Waals surface area contributed by atoms with Crippen molar-refractivity contribution in [1.82, 2.24) is 0 Å². The molecule has 78 valence electrons. The minimum absolute atomic E-state index is 0.0157. The average molecular weight is 267 g/mol. The summed E-state index contributed by atoms with van der Waals surface area (Å²) in [7, 11) is 0. The zero-order valence-electron chi connectivity index (χ0n) is 8.35. The number of carbonyl (C=O) groups excluding carboxylic acids is 1. The zero-order valence-corrected chi connectivity index (χ0v) is 9.94. The number of nitrogens with zero attached hydrogens (tertiary/aromatic N) is 2. The van der Waals surface area contributed by atoms with Crippen molar-refractivity contribution in [3.8, 4) is 0 Å². The fraction of sp³-hybridized carbons (Fsp3) is 0.273. The maximum absolute atomic E-state index is 11.8. The van der Waals surface area contributed by atoms with Crippen LogP contribution < -0.4 is 5.01 Å². The Hall–Kier alpha value is -1.16. The SMILES string of the molecule is CCC1=NN(c2ccccc2)C(=O)C1Br. The number of para-hydroxylation sites is 1. The van der Waals surface area contributed by atoms with E-state index in [1.165, 1.54) is 5.01 Å². The van der Waals surface area contributed by atoms with E-state index in [1.54, 1.807) is 0 Å². The first-order chi connectivity index (χ1) is 7.24. The molecule has 1 aliphatic heterocycles. The average Bonchev–Trinajstić information content (AvgIpc) is 2.57. The largest absolute Gasteiger partial charge is 0.271 e. The monoisotopic (exact) mass is 266 g/mol. The van der Waals surface area contributed by atoms with E-state index in [-0.39, 0.29) is 10.7 Å². The summed E-state index contributed by atoms with van der Waals surface area (Å²) in [5, 5.41) is 5.75. The second-order valence-corrected chi connectivity index (χ2v) is 4.21. The molecule has 0 fully saturated rings. The van der Waals surface area contributed by atoms with Gasteiger partial charge in [0.1, 0.15) is 4.83 Å². The molecule has 0 saturated heterocycles. The fourth-order valence-electron chi connectivity index (χ4n) is 1.48. The van der Waals surface area contributed by atoms with E-state index in [0.717, 1.165) is 17.8 Å². The van der Waals surface area contributed by atoms with Crippen molar-refractivity contribution in [2.45, 2.75) is 18.2 Å². The Labute approximate surface area is 96.9 Å². The first kappa shape index (κ1) is 10.4. The lowest BCUT2D eigenvalue weighted by molar-refractivity contribution is -0.116. The molecule has 1 heterocycles. The van der Waals surface area contributed by atoms with Crippen LogP contribution in [0.5, 0.6) is 0 Å². The van der Waals surface area contributed by atoms with Crippen LogP contribution in [-0.2, 0) is 4.79 Å². The molecular weight excluding hydrogens is 256 g/mol. The molecule has 2 rings (SSSR count). The van der Waals surface area contributed by atoms with Crippen LogP contribution in [0, 0.1) is 0 Å². The number of benzene rings is 1. The van der Waals surface area contributed by atoms with Crippen LogP contribution >= 0.6 is 15.9 Å².